The highest BCUT2D eigenvalue weighted by Crippen LogP contribution is 2.21. The van der Waals surface area contributed by atoms with Crippen LogP contribution in [0.5, 0.6) is 0 Å². The molecule has 0 radical (unpaired) electrons. The standard InChI is InChI=1S/C23H32N6S/c1-18-17-21(29-15-13-28(14-16-29)20-11-7-4-8-12-20)26-22(24-18)27-23(30)25-19-9-5-2-3-6-10-19/h4,7-8,11-12,17,19H,2-3,5-6,9-10,13-16H2,1H3,(H2,24,25,26,27,30). The second-order valence-corrected chi connectivity index (χ2v) is 8.70. The van der Waals surface area contributed by atoms with E-state index in [0.717, 1.165) is 37.7 Å². The van der Waals surface area contributed by atoms with Gasteiger partial charge in [-0.1, -0.05) is 43.9 Å². The van der Waals surface area contributed by atoms with Gasteiger partial charge in [0, 0.05) is 49.7 Å². The summed E-state index contributed by atoms with van der Waals surface area (Å²) >= 11 is 5.55. The molecule has 7 heteroatoms. The molecule has 1 aromatic heterocycles. The molecule has 1 aliphatic heterocycles. The number of hydrogen-bond donors (Lipinski definition) is 2. The maximum absolute atomic E-state index is 5.55. The van der Waals surface area contributed by atoms with Gasteiger partial charge in [0.1, 0.15) is 5.82 Å². The van der Waals surface area contributed by atoms with Gasteiger partial charge in [-0.25, -0.2) is 4.98 Å². The largest absolute Gasteiger partial charge is 0.368 e. The number of aryl methyl sites for hydroxylation is 1. The fraction of sp³-hybridized carbons (Fsp3) is 0.522. The van der Waals surface area contributed by atoms with E-state index in [4.69, 9.17) is 17.2 Å². The van der Waals surface area contributed by atoms with E-state index in [2.05, 4.69) is 61.8 Å². The Hall–Kier alpha value is -2.41. The van der Waals surface area contributed by atoms with Crippen LogP contribution in [-0.2, 0) is 0 Å². The Bertz CT molecular complexity index is 827. The van der Waals surface area contributed by atoms with Crippen LogP contribution in [0.4, 0.5) is 17.5 Å². The lowest BCUT2D eigenvalue weighted by Crippen LogP contribution is -2.47. The predicted molar refractivity (Wildman–Crippen MR) is 128 cm³/mol. The number of hydrogen-bond acceptors (Lipinski definition) is 5. The summed E-state index contributed by atoms with van der Waals surface area (Å²) in [6, 6.07) is 13.1. The smallest absolute Gasteiger partial charge is 0.231 e. The third-order valence-electron chi connectivity index (χ3n) is 5.98. The number of benzene rings is 1. The molecule has 160 valence electrons. The summed E-state index contributed by atoms with van der Waals surface area (Å²) in [6.45, 7) is 5.86. The summed E-state index contributed by atoms with van der Waals surface area (Å²) in [4.78, 5) is 14.1. The van der Waals surface area contributed by atoms with Gasteiger partial charge >= 0.3 is 0 Å². The molecular formula is C23H32N6S. The number of anilines is 3. The molecule has 2 fully saturated rings. The SMILES string of the molecule is Cc1cc(N2CCN(c3ccccc3)CC2)nc(NC(=S)NC2CCCCCC2)n1. The van der Waals surface area contributed by atoms with Gasteiger partial charge in [-0.3, -0.25) is 0 Å². The monoisotopic (exact) mass is 424 g/mol. The number of rotatable bonds is 4. The number of nitrogens with one attached hydrogen (secondary N) is 2. The van der Waals surface area contributed by atoms with Crippen molar-refractivity contribution in [2.24, 2.45) is 0 Å². The summed E-state index contributed by atoms with van der Waals surface area (Å²) in [5, 5.41) is 7.33. The molecule has 2 heterocycles. The van der Waals surface area contributed by atoms with Crippen molar-refractivity contribution in [1.82, 2.24) is 15.3 Å². The molecule has 1 aliphatic carbocycles. The third kappa shape index (κ3) is 5.59. The first-order valence-corrected chi connectivity index (χ1v) is 11.6. The summed E-state index contributed by atoms with van der Waals surface area (Å²) < 4.78 is 0. The van der Waals surface area contributed by atoms with Crippen molar-refractivity contribution in [3.63, 3.8) is 0 Å². The molecule has 6 nitrogen and oxygen atoms in total. The zero-order valence-corrected chi connectivity index (χ0v) is 18.6. The zero-order chi connectivity index (χ0) is 20.8. The van der Waals surface area contributed by atoms with E-state index < -0.39 is 0 Å². The Morgan fingerprint density at radius 3 is 2.30 bits per heavy atom. The highest BCUT2D eigenvalue weighted by atomic mass is 32.1. The van der Waals surface area contributed by atoms with Crippen molar-refractivity contribution in [3.05, 3.63) is 42.1 Å². The van der Waals surface area contributed by atoms with Crippen LogP contribution in [0.15, 0.2) is 36.4 Å². The van der Waals surface area contributed by atoms with Gasteiger partial charge in [0.15, 0.2) is 5.11 Å². The van der Waals surface area contributed by atoms with Gasteiger partial charge in [0.05, 0.1) is 0 Å². The second-order valence-electron chi connectivity index (χ2n) is 8.29. The molecule has 0 amide bonds. The second kappa shape index (κ2) is 10.1. The molecule has 2 aromatic rings. The van der Waals surface area contributed by atoms with E-state index in [0.29, 0.717) is 17.1 Å². The first kappa shape index (κ1) is 20.8. The zero-order valence-electron chi connectivity index (χ0n) is 17.8. The van der Waals surface area contributed by atoms with Gasteiger partial charge < -0.3 is 20.4 Å². The van der Waals surface area contributed by atoms with Crippen molar-refractivity contribution in [3.8, 4) is 0 Å². The number of para-hydroxylation sites is 1. The van der Waals surface area contributed by atoms with Crippen molar-refractivity contribution in [2.75, 3.05) is 41.3 Å². The topological polar surface area (TPSA) is 56.3 Å². The number of piperazine rings is 1. The van der Waals surface area contributed by atoms with Crippen molar-refractivity contribution in [1.29, 1.82) is 0 Å². The van der Waals surface area contributed by atoms with E-state index >= 15 is 0 Å². The van der Waals surface area contributed by atoms with Gasteiger partial charge in [-0.15, -0.1) is 0 Å². The van der Waals surface area contributed by atoms with Crippen LogP contribution in [0, 0.1) is 6.92 Å². The Balaban J connectivity index is 1.35. The summed E-state index contributed by atoms with van der Waals surface area (Å²) in [5.41, 5.74) is 2.23. The average molecular weight is 425 g/mol. The fourth-order valence-electron chi connectivity index (χ4n) is 4.35. The van der Waals surface area contributed by atoms with Gasteiger partial charge in [-0.05, 0) is 44.1 Å². The van der Waals surface area contributed by atoms with Crippen molar-refractivity contribution < 1.29 is 0 Å². The van der Waals surface area contributed by atoms with Crippen LogP contribution in [0.2, 0.25) is 0 Å². The molecule has 1 aromatic carbocycles. The van der Waals surface area contributed by atoms with Gasteiger partial charge in [0.25, 0.3) is 0 Å². The normalized spacial score (nSPS) is 18.0. The van der Waals surface area contributed by atoms with Crippen molar-refractivity contribution >= 4 is 34.8 Å². The first-order valence-electron chi connectivity index (χ1n) is 11.2. The van der Waals surface area contributed by atoms with E-state index in [1.54, 1.807) is 0 Å². The highest BCUT2D eigenvalue weighted by molar-refractivity contribution is 7.80. The summed E-state index contributed by atoms with van der Waals surface area (Å²) in [5.74, 6) is 1.55. The molecule has 1 saturated heterocycles. The first-order chi connectivity index (χ1) is 14.7. The van der Waals surface area contributed by atoms with Crippen molar-refractivity contribution in [2.45, 2.75) is 51.5 Å². The third-order valence-corrected chi connectivity index (χ3v) is 6.20. The van der Waals surface area contributed by atoms with E-state index in [1.807, 2.05) is 6.92 Å². The minimum absolute atomic E-state index is 0.461. The fourth-order valence-corrected chi connectivity index (χ4v) is 4.61. The molecule has 0 unspecified atom stereocenters. The predicted octanol–water partition coefficient (Wildman–Crippen LogP) is 4.12. The lowest BCUT2D eigenvalue weighted by molar-refractivity contribution is 0.535. The van der Waals surface area contributed by atoms with Crippen LogP contribution < -0.4 is 20.4 Å². The summed E-state index contributed by atoms with van der Waals surface area (Å²) in [6.07, 6.45) is 7.60. The van der Waals surface area contributed by atoms with Crippen LogP contribution >= 0.6 is 12.2 Å². The van der Waals surface area contributed by atoms with Crippen LogP contribution in [0.25, 0.3) is 0 Å². The Kier molecular flexibility index (Phi) is 7.00. The Morgan fingerprint density at radius 1 is 0.933 bits per heavy atom. The Labute approximate surface area is 185 Å². The number of aromatic nitrogens is 2. The van der Waals surface area contributed by atoms with E-state index in [-0.39, 0.29) is 0 Å². The molecule has 0 atom stereocenters. The highest BCUT2D eigenvalue weighted by Gasteiger charge is 2.20. The molecule has 0 bridgehead atoms. The maximum atomic E-state index is 5.55. The number of thiocarbonyl (C=S) groups is 1. The molecule has 30 heavy (non-hydrogen) atoms. The van der Waals surface area contributed by atoms with Crippen LogP contribution in [0.3, 0.4) is 0 Å². The summed E-state index contributed by atoms with van der Waals surface area (Å²) in [7, 11) is 0. The van der Waals surface area contributed by atoms with Gasteiger partial charge in [-0.2, -0.15) is 4.98 Å². The van der Waals surface area contributed by atoms with E-state index in [9.17, 15) is 0 Å². The molecule has 1 saturated carbocycles. The molecular weight excluding hydrogens is 392 g/mol. The average Bonchev–Trinajstić information content (AvgIpc) is 3.02. The minimum Gasteiger partial charge on any atom is -0.368 e. The molecule has 0 spiro atoms. The van der Waals surface area contributed by atoms with Crippen LogP contribution in [0.1, 0.15) is 44.2 Å². The quantitative estimate of drug-likeness (QED) is 0.565. The molecule has 2 N–H and O–H groups in total. The molecule has 4 rings (SSSR count). The lowest BCUT2D eigenvalue weighted by Gasteiger charge is -2.36. The lowest BCUT2D eigenvalue weighted by atomic mass is 10.1. The minimum atomic E-state index is 0.461. The maximum Gasteiger partial charge on any atom is 0.231 e. The molecule has 2 aliphatic rings. The van der Waals surface area contributed by atoms with E-state index in [1.165, 1.54) is 44.2 Å². The number of nitrogens with zero attached hydrogens (tertiary/aromatic N) is 4. The Morgan fingerprint density at radius 2 is 1.60 bits per heavy atom. The van der Waals surface area contributed by atoms with Crippen LogP contribution in [-0.4, -0.2) is 47.3 Å². The van der Waals surface area contributed by atoms with Gasteiger partial charge in [0.2, 0.25) is 5.95 Å².